The van der Waals surface area contributed by atoms with Crippen molar-refractivity contribution in [2.24, 2.45) is 5.92 Å². The Morgan fingerprint density at radius 3 is 2.65 bits per heavy atom. The molecule has 0 N–H and O–H groups in total. The van der Waals surface area contributed by atoms with Crippen molar-refractivity contribution in [3.8, 4) is 6.07 Å². The van der Waals surface area contributed by atoms with Crippen LogP contribution in [0.1, 0.15) is 32.3 Å². The van der Waals surface area contributed by atoms with Crippen molar-refractivity contribution in [1.82, 2.24) is 4.98 Å². The number of hydrogen-bond donors (Lipinski definition) is 0. The van der Waals surface area contributed by atoms with Crippen molar-refractivity contribution in [2.45, 2.75) is 32.8 Å². The van der Waals surface area contributed by atoms with Gasteiger partial charge in [0.25, 0.3) is 0 Å². The van der Waals surface area contributed by atoms with E-state index in [-0.39, 0.29) is 18.0 Å². The summed E-state index contributed by atoms with van der Waals surface area (Å²) in [5.41, 5.74) is 0.559. The van der Waals surface area contributed by atoms with Gasteiger partial charge in [-0.1, -0.05) is 0 Å². The Morgan fingerprint density at radius 2 is 2.15 bits per heavy atom. The third-order valence-corrected chi connectivity index (χ3v) is 3.38. The van der Waals surface area contributed by atoms with Crippen molar-refractivity contribution < 1.29 is 9.53 Å². The fourth-order valence-electron chi connectivity index (χ4n) is 2.31. The second kappa shape index (κ2) is 6.38. The van der Waals surface area contributed by atoms with Gasteiger partial charge in [0.15, 0.2) is 0 Å². The smallest absolute Gasteiger partial charge is 0.309 e. The predicted molar refractivity (Wildman–Crippen MR) is 75.1 cm³/mol. The molecular weight excluding hydrogens is 254 g/mol. The molecule has 0 atom stereocenters. The van der Waals surface area contributed by atoms with Crippen molar-refractivity contribution >= 4 is 11.8 Å². The zero-order chi connectivity index (χ0) is 14.5. The van der Waals surface area contributed by atoms with Gasteiger partial charge in [0.05, 0.1) is 17.6 Å². The van der Waals surface area contributed by atoms with E-state index in [1.165, 1.54) is 0 Å². The molecule has 1 fully saturated rings. The number of hydrogen-bond acceptors (Lipinski definition) is 5. The van der Waals surface area contributed by atoms with E-state index in [0.717, 1.165) is 31.7 Å². The molecule has 0 unspecified atom stereocenters. The first kappa shape index (κ1) is 14.3. The second-order valence-electron chi connectivity index (χ2n) is 5.26. The van der Waals surface area contributed by atoms with Crippen LogP contribution in [-0.4, -0.2) is 30.1 Å². The summed E-state index contributed by atoms with van der Waals surface area (Å²) in [6, 6.07) is 5.67. The molecule has 1 aliphatic heterocycles. The largest absolute Gasteiger partial charge is 0.463 e. The number of anilines is 1. The molecule has 1 saturated heterocycles. The minimum atomic E-state index is -0.0903. The molecule has 2 heterocycles. The number of carbonyl (C=O) groups excluding carboxylic acids is 1. The highest BCUT2D eigenvalue weighted by Gasteiger charge is 2.27. The fraction of sp³-hybridized carbons (Fsp3) is 0.533. The maximum absolute atomic E-state index is 11.8. The van der Waals surface area contributed by atoms with Gasteiger partial charge in [-0.3, -0.25) is 4.79 Å². The summed E-state index contributed by atoms with van der Waals surface area (Å²) in [5, 5.41) is 8.75. The molecule has 0 aromatic carbocycles. The first-order chi connectivity index (χ1) is 9.60. The van der Waals surface area contributed by atoms with Crippen molar-refractivity contribution in [3.63, 3.8) is 0 Å². The Labute approximate surface area is 119 Å². The quantitative estimate of drug-likeness (QED) is 0.789. The van der Waals surface area contributed by atoms with E-state index in [4.69, 9.17) is 10.00 Å². The van der Waals surface area contributed by atoms with E-state index < -0.39 is 0 Å². The Hall–Kier alpha value is -2.09. The summed E-state index contributed by atoms with van der Waals surface area (Å²) < 4.78 is 5.25. The summed E-state index contributed by atoms with van der Waals surface area (Å²) in [7, 11) is 0. The average Bonchev–Trinajstić information content (AvgIpc) is 2.47. The summed E-state index contributed by atoms with van der Waals surface area (Å²) >= 11 is 0. The number of nitriles is 1. The third kappa shape index (κ3) is 3.47. The van der Waals surface area contributed by atoms with Crippen LogP contribution in [0.5, 0.6) is 0 Å². The van der Waals surface area contributed by atoms with E-state index in [2.05, 4.69) is 16.0 Å². The van der Waals surface area contributed by atoms with Crippen LogP contribution in [0.4, 0.5) is 5.82 Å². The number of carbonyl (C=O) groups is 1. The topological polar surface area (TPSA) is 66.2 Å². The minimum Gasteiger partial charge on any atom is -0.463 e. The number of aromatic nitrogens is 1. The molecule has 1 aromatic rings. The highest BCUT2D eigenvalue weighted by atomic mass is 16.5. The van der Waals surface area contributed by atoms with Crippen LogP contribution < -0.4 is 4.90 Å². The number of nitrogens with zero attached hydrogens (tertiary/aromatic N) is 3. The van der Waals surface area contributed by atoms with E-state index in [9.17, 15) is 4.79 Å². The van der Waals surface area contributed by atoms with Crippen LogP contribution in [0, 0.1) is 17.2 Å². The Bertz CT molecular complexity index is 497. The van der Waals surface area contributed by atoms with E-state index in [1.54, 1.807) is 12.3 Å². The first-order valence-corrected chi connectivity index (χ1v) is 6.91. The monoisotopic (exact) mass is 273 g/mol. The minimum absolute atomic E-state index is 0.00738. The normalized spacial score (nSPS) is 16.0. The van der Waals surface area contributed by atoms with Crippen LogP contribution in [0.15, 0.2) is 18.3 Å². The lowest BCUT2D eigenvalue weighted by molar-refractivity contribution is -0.153. The molecule has 0 amide bonds. The lowest BCUT2D eigenvalue weighted by atomic mass is 9.97. The number of piperidine rings is 1. The van der Waals surface area contributed by atoms with Crippen molar-refractivity contribution in [3.05, 3.63) is 23.9 Å². The first-order valence-electron chi connectivity index (χ1n) is 6.91. The van der Waals surface area contributed by atoms with Crippen LogP contribution >= 0.6 is 0 Å². The van der Waals surface area contributed by atoms with Crippen LogP contribution in [0.2, 0.25) is 0 Å². The molecular formula is C15H19N3O2. The molecule has 20 heavy (non-hydrogen) atoms. The number of esters is 1. The molecule has 0 bridgehead atoms. The van der Waals surface area contributed by atoms with Crippen molar-refractivity contribution in [2.75, 3.05) is 18.0 Å². The van der Waals surface area contributed by atoms with Gasteiger partial charge in [-0.05, 0) is 38.8 Å². The highest BCUT2D eigenvalue weighted by Crippen LogP contribution is 2.23. The predicted octanol–water partition coefficient (Wildman–Crippen LogP) is 2.12. The summed E-state index contributed by atoms with van der Waals surface area (Å²) in [6.45, 7) is 5.31. The Balaban J connectivity index is 1.90. The fourth-order valence-corrected chi connectivity index (χ4v) is 2.31. The van der Waals surface area contributed by atoms with Crippen LogP contribution in [0.3, 0.4) is 0 Å². The average molecular weight is 273 g/mol. The molecule has 2 rings (SSSR count). The van der Waals surface area contributed by atoms with Gasteiger partial charge in [0.2, 0.25) is 0 Å². The summed E-state index contributed by atoms with van der Waals surface area (Å²) in [6.07, 6.45) is 3.09. The van der Waals surface area contributed by atoms with Crippen LogP contribution in [-0.2, 0) is 9.53 Å². The molecule has 0 aliphatic carbocycles. The molecule has 5 nitrogen and oxygen atoms in total. The zero-order valence-electron chi connectivity index (χ0n) is 11.9. The van der Waals surface area contributed by atoms with E-state index in [1.807, 2.05) is 19.9 Å². The Morgan fingerprint density at radius 1 is 1.45 bits per heavy atom. The van der Waals surface area contributed by atoms with Crippen LogP contribution in [0.25, 0.3) is 0 Å². The molecule has 5 heteroatoms. The standard InChI is InChI=1S/C15H19N3O2/c1-11(2)20-15(19)13-5-7-18(8-6-13)14-4-3-12(9-16)10-17-14/h3-4,10-11,13H,5-8H2,1-2H3. The van der Waals surface area contributed by atoms with Gasteiger partial charge in [-0.25, -0.2) is 4.98 Å². The summed E-state index contributed by atoms with van der Waals surface area (Å²) in [5.74, 6) is 0.763. The lowest BCUT2D eigenvalue weighted by Gasteiger charge is -2.32. The lowest BCUT2D eigenvalue weighted by Crippen LogP contribution is -2.37. The summed E-state index contributed by atoms with van der Waals surface area (Å²) in [4.78, 5) is 18.3. The van der Waals surface area contributed by atoms with E-state index >= 15 is 0 Å². The molecule has 1 aliphatic rings. The van der Waals surface area contributed by atoms with Gasteiger partial charge in [0, 0.05) is 19.3 Å². The molecule has 0 spiro atoms. The molecule has 106 valence electrons. The molecule has 0 radical (unpaired) electrons. The Kier molecular flexibility index (Phi) is 4.57. The zero-order valence-corrected chi connectivity index (χ0v) is 11.9. The van der Waals surface area contributed by atoms with E-state index in [0.29, 0.717) is 5.56 Å². The van der Waals surface area contributed by atoms with Gasteiger partial charge in [0.1, 0.15) is 11.9 Å². The SMILES string of the molecule is CC(C)OC(=O)C1CCN(c2ccc(C#N)cn2)CC1. The van der Waals surface area contributed by atoms with Gasteiger partial charge in [-0.15, -0.1) is 0 Å². The second-order valence-corrected chi connectivity index (χ2v) is 5.26. The van der Waals surface area contributed by atoms with Gasteiger partial charge >= 0.3 is 5.97 Å². The number of rotatable bonds is 3. The maximum atomic E-state index is 11.8. The molecule has 1 aromatic heterocycles. The maximum Gasteiger partial charge on any atom is 0.309 e. The highest BCUT2D eigenvalue weighted by molar-refractivity contribution is 5.73. The third-order valence-electron chi connectivity index (χ3n) is 3.38. The number of ether oxygens (including phenoxy) is 1. The number of pyridine rings is 1. The van der Waals surface area contributed by atoms with Gasteiger partial charge < -0.3 is 9.64 Å². The van der Waals surface area contributed by atoms with Gasteiger partial charge in [-0.2, -0.15) is 5.26 Å². The molecule has 0 saturated carbocycles. The van der Waals surface area contributed by atoms with Crippen molar-refractivity contribution in [1.29, 1.82) is 5.26 Å².